The van der Waals surface area contributed by atoms with Gasteiger partial charge in [0, 0.05) is 10.6 Å². The van der Waals surface area contributed by atoms with Gasteiger partial charge in [0.15, 0.2) is 5.78 Å². The van der Waals surface area contributed by atoms with Gasteiger partial charge in [-0.25, -0.2) is 0 Å². The van der Waals surface area contributed by atoms with Crippen molar-refractivity contribution in [1.29, 1.82) is 0 Å². The third kappa shape index (κ3) is 3.13. The smallest absolute Gasteiger partial charge is 0.152 e. The second kappa shape index (κ2) is 4.84. The molecule has 0 atom stereocenters. The van der Waals surface area contributed by atoms with Crippen molar-refractivity contribution in [3.05, 3.63) is 46.3 Å². The molecule has 1 aromatic carbocycles. The average Bonchev–Trinajstić information content (AvgIpc) is 2.17. The maximum absolute atomic E-state index is 10.6. The lowest BCUT2D eigenvalue weighted by Crippen LogP contribution is -1.79. The zero-order chi connectivity index (χ0) is 10.4. The molecular weight excluding hydrogens is 178 g/mol. The number of hydrogen-bond acceptors (Lipinski definition) is 2. The molecule has 0 saturated heterocycles. The molecule has 0 radical (unpaired) electrons. The monoisotopic (exact) mass is 187 g/mol. The van der Waals surface area contributed by atoms with Crippen LogP contribution >= 0.6 is 0 Å². The molecular formula is C10H9N3O. The summed E-state index contributed by atoms with van der Waals surface area (Å²) in [5, 5.41) is 3.43. The molecule has 14 heavy (non-hydrogen) atoms. The Kier molecular flexibility index (Phi) is 3.47. The molecule has 0 bridgehead atoms. The molecule has 4 heteroatoms. The fraction of sp³-hybridized carbons (Fsp3) is 0.100. The van der Waals surface area contributed by atoms with Crippen LogP contribution in [0.3, 0.4) is 0 Å². The minimum atomic E-state index is 0.00382. The maximum Gasteiger partial charge on any atom is 0.152 e. The molecule has 0 N–H and O–H groups in total. The highest BCUT2D eigenvalue weighted by Crippen LogP contribution is 2.13. The number of carbonyl (C=O) groups is 1. The van der Waals surface area contributed by atoms with Crippen LogP contribution in [0.1, 0.15) is 12.5 Å². The Balaban J connectivity index is 2.83. The van der Waals surface area contributed by atoms with Crippen LogP contribution in [0.5, 0.6) is 0 Å². The quantitative estimate of drug-likeness (QED) is 0.310. The van der Waals surface area contributed by atoms with E-state index in [1.165, 1.54) is 13.0 Å². The van der Waals surface area contributed by atoms with Gasteiger partial charge in [0.25, 0.3) is 0 Å². The minimum absolute atomic E-state index is 0.00382. The van der Waals surface area contributed by atoms with Gasteiger partial charge in [-0.1, -0.05) is 35.5 Å². The van der Waals surface area contributed by atoms with Crippen LogP contribution in [0.2, 0.25) is 0 Å². The standard InChI is InChI=1S/C10H9N3O/c1-8(14)2-3-9-4-6-10(7-5-9)12-13-11/h2-7H,1H3. The predicted molar refractivity (Wildman–Crippen MR) is 55.0 cm³/mol. The second-order valence-electron chi connectivity index (χ2n) is 2.72. The van der Waals surface area contributed by atoms with Gasteiger partial charge < -0.3 is 0 Å². The number of carbonyl (C=O) groups excluding carboxylic acids is 1. The normalized spacial score (nSPS) is 9.79. The van der Waals surface area contributed by atoms with Crippen molar-refractivity contribution < 1.29 is 4.79 Å². The van der Waals surface area contributed by atoms with Gasteiger partial charge >= 0.3 is 0 Å². The Morgan fingerprint density at radius 3 is 2.57 bits per heavy atom. The first-order valence-corrected chi connectivity index (χ1v) is 4.06. The predicted octanol–water partition coefficient (Wildman–Crippen LogP) is 3.23. The van der Waals surface area contributed by atoms with Gasteiger partial charge in [-0.15, -0.1) is 0 Å². The molecule has 0 aliphatic carbocycles. The zero-order valence-electron chi connectivity index (χ0n) is 7.71. The SMILES string of the molecule is CC(=O)C=Cc1ccc(N=[N+]=[N-])cc1. The first-order valence-electron chi connectivity index (χ1n) is 4.06. The summed E-state index contributed by atoms with van der Waals surface area (Å²) in [4.78, 5) is 13.3. The van der Waals surface area contributed by atoms with E-state index in [0.717, 1.165) is 5.56 Å². The molecule has 0 unspecified atom stereocenters. The maximum atomic E-state index is 10.6. The molecule has 0 fully saturated rings. The van der Waals surface area contributed by atoms with E-state index in [1.807, 2.05) is 0 Å². The highest BCUT2D eigenvalue weighted by atomic mass is 16.1. The van der Waals surface area contributed by atoms with Crippen LogP contribution in [0, 0.1) is 0 Å². The topological polar surface area (TPSA) is 65.8 Å². The number of benzene rings is 1. The van der Waals surface area contributed by atoms with E-state index in [2.05, 4.69) is 10.0 Å². The number of ketones is 1. The Labute approximate surface area is 81.5 Å². The average molecular weight is 187 g/mol. The van der Waals surface area contributed by atoms with E-state index in [-0.39, 0.29) is 5.78 Å². The lowest BCUT2D eigenvalue weighted by molar-refractivity contribution is -0.112. The molecule has 4 nitrogen and oxygen atoms in total. The summed E-state index contributed by atoms with van der Waals surface area (Å²) in [6.45, 7) is 1.49. The molecule has 0 spiro atoms. The van der Waals surface area contributed by atoms with E-state index in [9.17, 15) is 4.79 Å². The fourth-order valence-corrected chi connectivity index (χ4v) is 0.917. The van der Waals surface area contributed by atoms with Gasteiger partial charge in [0.05, 0.1) is 0 Å². The highest BCUT2D eigenvalue weighted by Gasteiger charge is 1.89. The van der Waals surface area contributed by atoms with Gasteiger partial charge in [0.1, 0.15) is 0 Å². The Morgan fingerprint density at radius 2 is 2.07 bits per heavy atom. The van der Waals surface area contributed by atoms with E-state index >= 15 is 0 Å². The highest BCUT2D eigenvalue weighted by molar-refractivity contribution is 5.91. The van der Waals surface area contributed by atoms with Crippen molar-refractivity contribution in [1.82, 2.24) is 0 Å². The van der Waals surface area contributed by atoms with Crippen LogP contribution in [-0.4, -0.2) is 5.78 Å². The lowest BCUT2D eigenvalue weighted by Gasteiger charge is -1.93. The van der Waals surface area contributed by atoms with Crippen LogP contribution in [0.15, 0.2) is 35.5 Å². The minimum Gasteiger partial charge on any atom is -0.295 e. The third-order valence-electron chi connectivity index (χ3n) is 1.56. The number of azide groups is 1. The van der Waals surface area contributed by atoms with Crippen molar-refractivity contribution >= 4 is 17.5 Å². The van der Waals surface area contributed by atoms with Crippen molar-refractivity contribution in [3.63, 3.8) is 0 Å². The lowest BCUT2D eigenvalue weighted by atomic mass is 10.2. The fourth-order valence-electron chi connectivity index (χ4n) is 0.917. The van der Waals surface area contributed by atoms with Gasteiger partial charge in [0.2, 0.25) is 0 Å². The molecule has 0 aromatic heterocycles. The Morgan fingerprint density at radius 1 is 1.43 bits per heavy atom. The van der Waals surface area contributed by atoms with Gasteiger partial charge in [-0.2, -0.15) is 0 Å². The molecule has 1 aromatic rings. The molecule has 0 aliphatic rings. The molecule has 0 aliphatic heterocycles. The summed E-state index contributed by atoms with van der Waals surface area (Å²) in [7, 11) is 0. The number of hydrogen-bond donors (Lipinski definition) is 0. The Hall–Kier alpha value is -2.06. The van der Waals surface area contributed by atoms with E-state index in [0.29, 0.717) is 5.69 Å². The first-order chi connectivity index (χ1) is 6.72. The summed E-state index contributed by atoms with van der Waals surface area (Å²) < 4.78 is 0. The number of rotatable bonds is 3. The van der Waals surface area contributed by atoms with E-state index in [4.69, 9.17) is 5.53 Å². The molecule has 0 amide bonds. The largest absolute Gasteiger partial charge is 0.295 e. The van der Waals surface area contributed by atoms with Crippen LogP contribution < -0.4 is 0 Å². The molecule has 0 heterocycles. The van der Waals surface area contributed by atoms with Crippen molar-refractivity contribution in [3.8, 4) is 0 Å². The van der Waals surface area contributed by atoms with Crippen molar-refractivity contribution in [2.45, 2.75) is 6.92 Å². The molecule has 70 valence electrons. The Bertz CT molecular complexity index is 400. The van der Waals surface area contributed by atoms with Crippen LogP contribution in [-0.2, 0) is 4.79 Å². The van der Waals surface area contributed by atoms with Crippen molar-refractivity contribution in [2.75, 3.05) is 0 Å². The summed E-state index contributed by atoms with van der Waals surface area (Å²) in [6, 6.07) is 6.95. The third-order valence-corrected chi connectivity index (χ3v) is 1.56. The van der Waals surface area contributed by atoms with Crippen LogP contribution in [0.4, 0.5) is 5.69 Å². The van der Waals surface area contributed by atoms with Crippen LogP contribution in [0.25, 0.3) is 16.5 Å². The van der Waals surface area contributed by atoms with Gasteiger partial charge in [-0.05, 0) is 24.1 Å². The summed E-state index contributed by atoms with van der Waals surface area (Å²) in [5.41, 5.74) is 9.63. The number of nitrogens with zero attached hydrogens (tertiary/aromatic N) is 3. The van der Waals surface area contributed by atoms with Crippen molar-refractivity contribution in [2.24, 2.45) is 5.11 Å². The number of allylic oxidation sites excluding steroid dienone is 1. The molecule has 0 saturated carbocycles. The van der Waals surface area contributed by atoms with E-state index < -0.39 is 0 Å². The van der Waals surface area contributed by atoms with E-state index in [1.54, 1.807) is 30.3 Å². The second-order valence-corrected chi connectivity index (χ2v) is 2.72. The summed E-state index contributed by atoms with van der Waals surface area (Å²) in [5.74, 6) is 0.00382. The van der Waals surface area contributed by atoms with Gasteiger partial charge in [-0.3, -0.25) is 4.79 Å². The summed E-state index contributed by atoms with van der Waals surface area (Å²) in [6.07, 6.45) is 3.20. The summed E-state index contributed by atoms with van der Waals surface area (Å²) >= 11 is 0. The molecule has 1 rings (SSSR count). The zero-order valence-corrected chi connectivity index (χ0v) is 7.71. The first kappa shape index (κ1) is 10.0.